The van der Waals surface area contributed by atoms with Crippen LogP contribution >= 0.6 is 0 Å². The Balaban J connectivity index is 2.01. The van der Waals surface area contributed by atoms with E-state index in [1.807, 2.05) is 6.07 Å². The van der Waals surface area contributed by atoms with Crippen LogP contribution in [0, 0.1) is 27.4 Å². The quantitative estimate of drug-likeness (QED) is 0.635. The van der Waals surface area contributed by atoms with Gasteiger partial charge in [-0.2, -0.15) is 5.26 Å². The summed E-state index contributed by atoms with van der Waals surface area (Å²) in [6.07, 6.45) is 3.21. The zero-order valence-electron chi connectivity index (χ0n) is 12.9. The standard InChI is InChI=1S/C16H20N4O3/c17-10-12-7-13(16(21)15(9-12)20(22)23)14(8-11-1-2-11)19-5-3-18-4-6-19/h7,9,11,14,18,21H,1-6,8H2/t14-/m0/s1. The monoisotopic (exact) mass is 316 g/mol. The molecule has 1 aromatic carbocycles. The molecular weight excluding hydrogens is 296 g/mol. The summed E-state index contributed by atoms with van der Waals surface area (Å²) in [6.45, 7) is 3.40. The molecule has 0 unspecified atom stereocenters. The number of nitrogens with one attached hydrogen (secondary N) is 1. The second-order valence-corrected chi connectivity index (χ2v) is 6.28. The summed E-state index contributed by atoms with van der Waals surface area (Å²) in [5.74, 6) is 0.317. The summed E-state index contributed by atoms with van der Waals surface area (Å²) >= 11 is 0. The molecule has 0 bridgehead atoms. The summed E-state index contributed by atoms with van der Waals surface area (Å²) in [5, 5.41) is 34.1. The average molecular weight is 316 g/mol. The Morgan fingerprint density at radius 3 is 2.70 bits per heavy atom. The second-order valence-electron chi connectivity index (χ2n) is 6.28. The van der Waals surface area contributed by atoms with Crippen molar-refractivity contribution in [2.45, 2.75) is 25.3 Å². The lowest BCUT2D eigenvalue weighted by Gasteiger charge is -2.35. The molecule has 2 fully saturated rings. The number of hydrogen-bond acceptors (Lipinski definition) is 6. The first-order valence-electron chi connectivity index (χ1n) is 7.96. The van der Waals surface area contributed by atoms with Crippen LogP contribution in [0.25, 0.3) is 0 Å². The van der Waals surface area contributed by atoms with Crippen molar-refractivity contribution in [2.75, 3.05) is 26.2 Å². The lowest BCUT2D eigenvalue weighted by Crippen LogP contribution is -2.45. The number of nitrogens with zero attached hydrogens (tertiary/aromatic N) is 3. The van der Waals surface area contributed by atoms with Crippen molar-refractivity contribution < 1.29 is 10.0 Å². The molecule has 23 heavy (non-hydrogen) atoms. The topological polar surface area (TPSA) is 102 Å². The Hall–Kier alpha value is -2.17. The number of benzene rings is 1. The van der Waals surface area contributed by atoms with Gasteiger partial charge in [0.2, 0.25) is 0 Å². The molecule has 122 valence electrons. The van der Waals surface area contributed by atoms with Crippen LogP contribution in [0.15, 0.2) is 12.1 Å². The third-order valence-electron chi connectivity index (χ3n) is 4.65. The van der Waals surface area contributed by atoms with Crippen molar-refractivity contribution in [1.29, 1.82) is 5.26 Å². The number of phenolic OH excluding ortho intramolecular Hbond substituents is 1. The summed E-state index contributed by atoms with van der Waals surface area (Å²) in [6, 6.07) is 4.65. The highest BCUT2D eigenvalue weighted by molar-refractivity contribution is 5.57. The van der Waals surface area contributed by atoms with Crippen LogP contribution < -0.4 is 5.32 Å². The molecule has 0 amide bonds. The molecule has 7 heteroatoms. The Labute approximate surface area is 134 Å². The van der Waals surface area contributed by atoms with Crippen molar-refractivity contribution in [3.05, 3.63) is 33.4 Å². The lowest BCUT2D eigenvalue weighted by atomic mass is 9.95. The number of phenols is 1. The third-order valence-corrected chi connectivity index (χ3v) is 4.65. The highest BCUT2D eigenvalue weighted by Crippen LogP contribution is 2.44. The first-order valence-corrected chi connectivity index (χ1v) is 7.96. The second kappa shape index (κ2) is 6.52. The van der Waals surface area contributed by atoms with Crippen LogP contribution in [0.1, 0.15) is 36.4 Å². The fourth-order valence-corrected chi connectivity index (χ4v) is 3.23. The van der Waals surface area contributed by atoms with Gasteiger partial charge in [-0.25, -0.2) is 0 Å². The van der Waals surface area contributed by atoms with Crippen LogP contribution in [-0.4, -0.2) is 41.1 Å². The molecule has 1 heterocycles. The van der Waals surface area contributed by atoms with Crippen molar-refractivity contribution in [3.8, 4) is 11.8 Å². The molecule has 1 aromatic rings. The van der Waals surface area contributed by atoms with E-state index in [-0.39, 0.29) is 23.0 Å². The highest BCUT2D eigenvalue weighted by atomic mass is 16.6. The lowest BCUT2D eigenvalue weighted by molar-refractivity contribution is -0.386. The van der Waals surface area contributed by atoms with Gasteiger partial charge < -0.3 is 10.4 Å². The molecule has 1 aliphatic heterocycles. The predicted molar refractivity (Wildman–Crippen MR) is 84.0 cm³/mol. The number of rotatable bonds is 5. The average Bonchev–Trinajstić information content (AvgIpc) is 3.38. The van der Waals surface area contributed by atoms with E-state index in [1.165, 1.54) is 12.8 Å². The van der Waals surface area contributed by atoms with Gasteiger partial charge in [-0.05, 0) is 18.4 Å². The van der Waals surface area contributed by atoms with Crippen LogP contribution in [-0.2, 0) is 0 Å². The predicted octanol–water partition coefficient (Wildman–Crippen LogP) is 1.92. The molecule has 0 spiro atoms. The fraction of sp³-hybridized carbons (Fsp3) is 0.562. The number of nitro benzene ring substituents is 1. The van der Waals surface area contributed by atoms with E-state index >= 15 is 0 Å². The van der Waals surface area contributed by atoms with Crippen LogP contribution in [0.4, 0.5) is 5.69 Å². The van der Waals surface area contributed by atoms with E-state index in [0.717, 1.165) is 38.7 Å². The summed E-state index contributed by atoms with van der Waals surface area (Å²) in [7, 11) is 0. The minimum atomic E-state index is -0.619. The van der Waals surface area contributed by atoms with Crippen molar-refractivity contribution in [2.24, 2.45) is 5.92 Å². The van der Waals surface area contributed by atoms with Gasteiger partial charge in [0.25, 0.3) is 0 Å². The fourth-order valence-electron chi connectivity index (χ4n) is 3.23. The van der Waals surface area contributed by atoms with Crippen LogP contribution in [0.3, 0.4) is 0 Å². The molecular formula is C16H20N4O3. The van der Waals surface area contributed by atoms with Gasteiger partial charge in [0.1, 0.15) is 0 Å². The Bertz CT molecular complexity index is 645. The Morgan fingerprint density at radius 1 is 1.43 bits per heavy atom. The molecule has 1 aliphatic carbocycles. The number of nitriles is 1. The van der Waals surface area contributed by atoms with Gasteiger partial charge in [-0.3, -0.25) is 15.0 Å². The first-order chi connectivity index (χ1) is 11.1. The van der Waals surface area contributed by atoms with E-state index in [2.05, 4.69) is 10.2 Å². The van der Waals surface area contributed by atoms with Gasteiger partial charge in [0.05, 0.1) is 16.6 Å². The molecule has 7 nitrogen and oxygen atoms in total. The number of hydrogen-bond donors (Lipinski definition) is 2. The minimum Gasteiger partial charge on any atom is -0.502 e. The third kappa shape index (κ3) is 3.44. The Kier molecular flexibility index (Phi) is 4.46. The maximum atomic E-state index is 11.2. The first kappa shape index (κ1) is 15.7. The van der Waals surface area contributed by atoms with Crippen LogP contribution in [0.2, 0.25) is 0 Å². The normalized spacial score (nSPS) is 20.0. The molecule has 2 N–H and O–H groups in total. The maximum Gasteiger partial charge on any atom is 0.312 e. The maximum absolute atomic E-state index is 11.2. The van der Waals surface area contributed by atoms with Gasteiger partial charge >= 0.3 is 5.69 Å². The van der Waals surface area contributed by atoms with Crippen molar-refractivity contribution >= 4 is 5.69 Å². The molecule has 1 atom stereocenters. The van der Waals surface area contributed by atoms with Gasteiger partial charge in [0.15, 0.2) is 5.75 Å². The van der Waals surface area contributed by atoms with Gasteiger partial charge in [-0.15, -0.1) is 0 Å². The van der Waals surface area contributed by atoms with E-state index in [0.29, 0.717) is 11.5 Å². The summed E-state index contributed by atoms with van der Waals surface area (Å²) in [4.78, 5) is 12.8. The number of nitro groups is 1. The van der Waals surface area contributed by atoms with E-state index < -0.39 is 4.92 Å². The molecule has 2 aliphatic rings. The van der Waals surface area contributed by atoms with Gasteiger partial charge in [-0.1, -0.05) is 12.8 Å². The van der Waals surface area contributed by atoms with Crippen molar-refractivity contribution in [3.63, 3.8) is 0 Å². The molecule has 0 radical (unpaired) electrons. The smallest absolute Gasteiger partial charge is 0.312 e. The molecule has 1 saturated heterocycles. The number of piperazine rings is 1. The highest BCUT2D eigenvalue weighted by Gasteiger charge is 2.34. The zero-order chi connectivity index (χ0) is 16.4. The number of aromatic hydroxyl groups is 1. The van der Waals surface area contributed by atoms with E-state index in [1.54, 1.807) is 6.07 Å². The summed E-state index contributed by atoms with van der Waals surface area (Å²) in [5.41, 5.74) is 0.361. The van der Waals surface area contributed by atoms with Gasteiger partial charge in [0, 0.05) is 43.9 Å². The molecule has 3 rings (SSSR count). The zero-order valence-corrected chi connectivity index (χ0v) is 12.9. The molecule has 0 aromatic heterocycles. The van der Waals surface area contributed by atoms with Crippen molar-refractivity contribution in [1.82, 2.24) is 10.2 Å². The van der Waals surface area contributed by atoms with E-state index in [4.69, 9.17) is 5.26 Å². The summed E-state index contributed by atoms with van der Waals surface area (Å²) < 4.78 is 0. The molecule has 1 saturated carbocycles. The Morgan fingerprint density at radius 2 is 2.13 bits per heavy atom. The van der Waals surface area contributed by atoms with E-state index in [9.17, 15) is 15.2 Å². The largest absolute Gasteiger partial charge is 0.502 e. The minimum absolute atomic E-state index is 0.0726. The SMILES string of the molecule is N#Cc1cc([C@H](CC2CC2)N2CCNCC2)c(O)c([N+](=O)[O-])c1. The van der Waals surface area contributed by atoms with Crippen LogP contribution in [0.5, 0.6) is 5.75 Å².